The van der Waals surface area contributed by atoms with Crippen molar-refractivity contribution in [1.82, 2.24) is 10.0 Å². The van der Waals surface area contributed by atoms with Crippen LogP contribution in [0.4, 0.5) is 0 Å². The third-order valence-electron chi connectivity index (χ3n) is 3.83. The lowest BCUT2D eigenvalue weighted by Crippen LogP contribution is -2.37. The summed E-state index contributed by atoms with van der Waals surface area (Å²) in [6, 6.07) is 3.84. The van der Waals surface area contributed by atoms with Crippen LogP contribution in [0, 0.1) is 13.8 Å². The highest BCUT2D eigenvalue weighted by Gasteiger charge is 2.24. The molecular weight excluding hydrogens is 304 g/mol. The fraction of sp³-hybridized carbons (Fsp3) is 0.600. The van der Waals surface area contributed by atoms with E-state index in [1.165, 1.54) is 0 Å². The van der Waals surface area contributed by atoms with Gasteiger partial charge in [-0.15, -0.1) is 0 Å². The first-order chi connectivity index (χ1) is 9.94. The summed E-state index contributed by atoms with van der Waals surface area (Å²) >= 11 is 1.89. The second-order valence-corrected chi connectivity index (χ2v) is 8.49. The Labute approximate surface area is 132 Å². The van der Waals surface area contributed by atoms with Crippen LogP contribution < -0.4 is 10.0 Å². The number of nitrogens with one attached hydrogen (secondary N) is 2. The third-order valence-corrected chi connectivity index (χ3v) is 6.54. The van der Waals surface area contributed by atoms with Gasteiger partial charge in [0.2, 0.25) is 10.0 Å². The van der Waals surface area contributed by atoms with Crippen LogP contribution in [0.2, 0.25) is 0 Å². The van der Waals surface area contributed by atoms with Crippen molar-refractivity contribution in [3.8, 4) is 0 Å². The van der Waals surface area contributed by atoms with Gasteiger partial charge in [-0.05, 0) is 68.0 Å². The molecule has 21 heavy (non-hydrogen) atoms. The van der Waals surface area contributed by atoms with Crippen molar-refractivity contribution in [2.24, 2.45) is 0 Å². The minimum absolute atomic E-state index is 0.0738. The Hall–Kier alpha value is -0.560. The minimum Gasteiger partial charge on any atom is -0.316 e. The normalized spacial score (nSPS) is 17.1. The summed E-state index contributed by atoms with van der Waals surface area (Å²) in [7, 11) is -1.57. The summed E-state index contributed by atoms with van der Waals surface area (Å²) in [5.41, 5.74) is 2.96. The van der Waals surface area contributed by atoms with Crippen LogP contribution in [0.5, 0.6) is 0 Å². The van der Waals surface area contributed by atoms with Gasteiger partial charge in [0.1, 0.15) is 0 Å². The van der Waals surface area contributed by atoms with E-state index in [-0.39, 0.29) is 6.04 Å². The molecule has 0 amide bonds. The van der Waals surface area contributed by atoms with Gasteiger partial charge in [0.25, 0.3) is 0 Å². The molecule has 0 aliphatic carbocycles. The largest absolute Gasteiger partial charge is 0.316 e. The van der Waals surface area contributed by atoms with Gasteiger partial charge in [0.05, 0.1) is 4.90 Å². The van der Waals surface area contributed by atoms with E-state index >= 15 is 0 Å². The predicted octanol–water partition coefficient (Wildman–Crippen LogP) is 2.20. The molecule has 1 aromatic rings. The molecule has 0 unspecified atom stereocenters. The predicted molar refractivity (Wildman–Crippen MR) is 89.3 cm³/mol. The van der Waals surface area contributed by atoms with Crippen LogP contribution in [0.25, 0.3) is 0 Å². The highest BCUT2D eigenvalue weighted by molar-refractivity contribution is 7.99. The molecule has 1 heterocycles. The first-order valence-electron chi connectivity index (χ1n) is 7.29. The van der Waals surface area contributed by atoms with Gasteiger partial charge >= 0.3 is 0 Å². The summed E-state index contributed by atoms with van der Waals surface area (Å²) in [6.07, 6.45) is 1.83. The van der Waals surface area contributed by atoms with Crippen LogP contribution in [0.1, 0.15) is 29.5 Å². The second-order valence-electron chi connectivity index (χ2n) is 5.58. The van der Waals surface area contributed by atoms with E-state index in [0.29, 0.717) is 11.4 Å². The number of thioether (sulfide) groups is 1. The quantitative estimate of drug-likeness (QED) is 0.870. The first kappa shape index (κ1) is 16.8. The fourth-order valence-corrected chi connectivity index (χ4v) is 5.33. The Morgan fingerprint density at radius 2 is 1.86 bits per heavy atom. The average Bonchev–Trinajstić information content (AvgIpc) is 2.42. The molecule has 1 saturated heterocycles. The van der Waals surface area contributed by atoms with Crippen molar-refractivity contribution in [3.63, 3.8) is 0 Å². The summed E-state index contributed by atoms with van der Waals surface area (Å²) < 4.78 is 28.2. The van der Waals surface area contributed by atoms with Gasteiger partial charge < -0.3 is 5.32 Å². The van der Waals surface area contributed by atoms with Crippen molar-refractivity contribution >= 4 is 21.8 Å². The topological polar surface area (TPSA) is 58.2 Å². The minimum atomic E-state index is -3.44. The molecule has 0 aromatic heterocycles. The van der Waals surface area contributed by atoms with E-state index in [2.05, 4.69) is 10.0 Å². The zero-order valence-corrected chi connectivity index (χ0v) is 14.5. The molecule has 2 N–H and O–H groups in total. The number of aryl methyl sites for hydroxylation is 2. The monoisotopic (exact) mass is 328 g/mol. The van der Waals surface area contributed by atoms with E-state index in [1.807, 2.05) is 38.7 Å². The molecule has 0 bridgehead atoms. The average molecular weight is 329 g/mol. The summed E-state index contributed by atoms with van der Waals surface area (Å²) in [5, 5.41) is 3.09. The van der Waals surface area contributed by atoms with Gasteiger partial charge in [-0.25, -0.2) is 13.1 Å². The lowest BCUT2D eigenvalue weighted by molar-refractivity contribution is 0.528. The van der Waals surface area contributed by atoms with E-state index in [9.17, 15) is 8.42 Å². The van der Waals surface area contributed by atoms with E-state index in [0.717, 1.165) is 41.0 Å². The van der Waals surface area contributed by atoms with Gasteiger partial charge in [-0.2, -0.15) is 11.8 Å². The molecule has 2 rings (SSSR count). The lowest BCUT2D eigenvalue weighted by Gasteiger charge is -2.23. The molecule has 6 heteroatoms. The maximum absolute atomic E-state index is 12.7. The zero-order valence-electron chi connectivity index (χ0n) is 12.9. The molecule has 1 aliphatic rings. The van der Waals surface area contributed by atoms with Crippen LogP contribution in [-0.2, 0) is 16.6 Å². The van der Waals surface area contributed by atoms with Crippen LogP contribution in [0.3, 0.4) is 0 Å². The van der Waals surface area contributed by atoms with Gasteiger partial charge in [-0.1, -0.05) is 6.07 Å². The van der Waals surface area contributed by atoms with Crippen molar-refractivity contribution in [2.45, 2.75) is 44.2 Å². The highest BCUT2D eigenvalue weighted by atomic mass is 32.2. The van der Waals surface area contributed by atoms with E-state index in [4.69, 9.17) is 0 Å². The molecule has 0 spiro atoms. The molecule has 4 nitrogen and oxygen atoms in total. The summed E-state index contributed by atoms with van der Waals surface area (Å²) in [5.74, 6) is 2.07. The number of benzene rings is 1. The maximum atomic E-state index is 12.7. The zero-order chi connectivity index (χ0) is 15.5. The summed E-state index contributed by atoms with van der Waals surface area (Å²) in [4.78, 5) is 0.413. The molecule has 1 fully saturated rings. The van der Waals surface area contributed by atoms with Gasteiger partial charge in [0, 0.05) is 12.6 Å². The van der Waals surface area contributed by atoms with Crippen molar-refractivity contribution in [1.29, 1.82) is 0 Å². The standard InChI is InChI=1S/C15H24N2O2S2/c1-11-8-12(2)15(9-13(11)10-16-3)21(18,19)17-14-4-6-20-7-5-14/h8-9,14,16-17H,4-7,10H2,1-3H3. The third kappa shape index (κ3) is 4.22. The van der Waals surface area contributed by atoms with E-state index < -0.39 is 10.0 Å². The van der Waals surface area contributed by atoms with Crippen LogP contribution in [-0.4, -0.2) is 33.0 Å². The molecular formula is C15H24N2O2S2. The Morgan fingerprint density at radius 3 is 2.48 bits per heavy atom. The summed E-state index contributed by atoms with van der Waals surface area (Å²) in [6.45, 7) is 4.55. The number of sulfonamides is 1. The maximum Gasteiger partial charge on any atom is 0.241 e. The van der Waals surface area contributed by atoms with Crippen LogP contribution >= 0.6 is 11.8 Å². The number of hydrogen-bond donors (Lipinski definition) is 2. The highest BCUT2D eigenvalue weighted by Crippen LogP contribution is 2.23. The molecule has 1 aliphatic heterocycles. The van der Waals surface area contributed by atoms with Crippen molar-refractivity contribution in [2.75, 3.05) is 18.6 Å². The van der Waals surface area contributed by atoms with Crippen molar-refractivity contribution < 1.29 is 8.42 Å². The smallest absolute Gasteiger partial charge is 0.241 e. The second kappa shape index (κ2) is 7.13. The molecule has 1 aromatic carbocycles. The fourth-order valence-electron chi connectivity index (χ4n) is 2.64. The van der Waals surface area contributed by atoms with Crippen molar-refractivity contribution in [3.05, 3.63) is 28.8 Å². The molecule has 0 radical (unpaired) electrons. The Morgan fingerprint density at radius 1 is 1.19 bits per heavy atom. The Bertz CT molecular complexity index is 594. The molecule has 0 saturated carbocycles. The Balaban J connectivity index is 2.27. The molecule has 118 valence electrons. The number of rotatable bonds is 5. The first-order valence-corrected chi connectivity index (χ1v) is 9.92. The number of hydrogen-bond acceptors (Lipinski definition) is 4. The SMILES string of the molecule is CNCc1cc(S(=O)(=O)NC2CCSCC2)c(C)cc1C. The lowest BCUT2D eigenvalue weighted by atomic mass is 10.1. The molecule has 0 atom stereocenters. The van der Waals surface area contributed by atoms with Gasteiger partial charge in [-0.3, -0.25) is 0 Å². The Kier molecular flexibility index (Phi) is 5.71. The van der Waals surface area contributed by atoms with E-state index in [1.54, 1.807) is 6.07 Å². The van der Waals surface area contributed by atoms with Crippen LogP contribution in [0.15, 0.2) is 17.0 Å². The van der Waals surface area contributed by atoms with Gasteiger partial charge in [0.15, 0.2) is 0 Å².